The quantitative estimate of drug-likeness (QED) is 0.355. The minimum Gasteiger partial charge on any atom is -0.507 e. The van der Waals surface area contributed by atoms with Crippen LogP contribution in [0.2, 0.25) is 0 Å². The predicted molar refractivity (Wildman–Crippen MR) is 108 cm³/mol. The Bertz CT molecular complexity index is 1120. The first-order valence-corrected chi connectivity index (χ1v) is 9.62. The molecule has 0 radical (unpaired) electrons. The van der Waals surface area contributed by atoms with Crippen LogP contribution < -0.4 is 4.74 Å². The monoisotopic (exact) mass is 425 g/mol. The molecule has 3 heterocycles. The maximum Gasteiger partial charge on any atom is 0.295 e. The highest BCUT2D eigenvalue weighted by Gasteiger charge is 2.47. The Morgan fingerprint density at radius 1 is 1.29 bits per heavy atom. The minimum atomic E-state index is -0.914. The number of likely N-dealkylation sites (tertiary alicyclic amines) is 1. The molecule has 1 aliphatic heterocycles. The number of nitrogens with zero attached hydrogens (tertiary/aromatic N) is 3. The lowest BCUT2D eigenvalue weighted by Gasteiger charge is -2.23. The molecule has 1 unspecified atom stereocenters. The molecular formula is C22H20FN3O5. The summed E-state index contributed by atoms with van der Waals surface area (Å²) in [5.74, 6) is -2.44. The summed E-state index contributed by atoms with van der Waals surface area (Å²) in [6.45, 7) is 0.847. The van der Waals surface area contributed by atoms with Gasteiger partial charge >= 0.3 is 0 Å². The zero-order valence-electron chi connectivity index (χ0n) is 16.7. The molecule has 0 aliphatic carbocycles. The third-order valence-electron chi connectivity index (χ3n) is 5.15. The summed E-state index contributed by atoms with van der Waals surface area (Å²) < 4.78 is 26.4. The highest BCUT2D eigenvalue weighted by Crippen LogP contribution is 2.40. The van der Waals surface area contributed by atoms with Crippen LogP contribution in [-0.4, -0.2) is 44.9 Å². The number of ketones is 1. The van der Waals surface area contributed by atoms with Crippen LogP contribution in [0.25, 0.3) is 5.76 Å². The standard InChI is InChI=1S/C22H20FN3O5/c1-30-16-6-5-14(12-15(16)23)20(27)18-19(17-4-2-11-31-17)26(22(29)21(18)28)9-3-8-25-10-7-24-13-25/h2,4-7,10-13,19,27H,3,8-9H2,1H3/b20-18+. The lowest BCUT2D eigenvalue weighted by molar-refractivity contribution is -0.140. The SMILES string of the molecule is COc1ccc(/C(O)=C2\C(=O)C(=O)N(CCCn3ccnc3)C2c2ccco2)cc1F. The Morgan fingerprint density at radius 2 is 2.13 bits per heavy atom. The van der Waals surface area contributed by atoms with Crippen LogP contribution in [0.1, 0.15) is 23.8 Å². The van der Waals surface area contributed by atoms with E-state index in [0.29, 0.717) is 18.7 Å². The minimum absolute atomic E-state index is 0.000845. The number of carbonyl (C=O) groups excluding carboxylic acids is 2. The van der Waals surface area contributed by atoms with Gasteiger partial charge in [-0.25, -0.2) is 9.37 Å². The van der Waals surface area contributed by atoms with Gasteiger partial charge in [0.2, 0.25) is 0 Å². The highest BCUT2D eigenvalue weighted by molar-refractivity contribution is 6.46. The molecule has 1 aromatic carbocycles. The fraction of sp³-hybridized carbons (Fsp3) is 0.227. The fourth-order valence-corrected chi connectivity index (χ4v) is 3.67. The number of imidazole rings is 1. The summed E-state index contributed by atoms with van der Waals surface area (Å²) in [7, 11) is 1.32. The topological polar surface area (TPSA) is 97.8 Å². The van der Waals surface area contributed by atoms with E-state index in [0.717, 1.165) is 6.07 Å². The van der Waals surface area contributed by atoms with E-state index in [1.165, 1.54) is 30.4 Å². The molecule has 1 aliphatic rings. The maximum atomic E-state index is 14.2. The second kappa shape index (κ2) is 8.47. The normalized spacial score (nSPS) is 18.0. The number of aromatic nitrogens is 2. The van der Waals surface area contributed by atoms with Crippen molar-refractivity contribution in [2.75, 3.05) is 13.7 Å². The van der Waals surface area contributed by atoms with Crippen molar-refractivity contribution < 1.29 is 28.2 Å². The summed E-state index contributed by atoms with van der Waals surface area (Å²) in [6, 6.07) is 6.16. The van der Waals surface area contributed by atoms with Crippen LogP contribution in [0.15, 0.2) is 65.3 Å². The van der Waals surface area contributed by atoms with Gasteiger partial charge in [0, 0.05) is 31.0 Å². The molecule has 0 saturated carbocycles. The van der Waals surface area contributed by atoms with Crippen molar-refractivity contribution in [3.8, 4) is 5.75 Å². The van der Waals surface area contributed by atoms with Gasteiger partial charge in [0.1, 0.15) is 17.6 Å². The molecule has 1 amide bonds. The van der Waals surface area contributed by atoms with Crippen molar-refractivity contribution in [2.45, 2.75) is 19.0 Å². The molecule has 0 spiro atoms. The number of benzene rings is 1. The van der Waals surface area contributed by atoms with Crippen molar-refractivity contribution in [2.24, 2.45) is 0 Å². The Balaban J connectivity index is 1.70. The molecule has 8 nitrogen and oxygen atoms in total. The third kappa shape index (κ3) is 3.81. The van der Waals surface area contributed by atoms with E-state index >= 15 is 0 Å². The molecule has 1 saturated heterocycles. The number of hydrogen-bond acceptors (Lipinski definition) is 6. The van der Waals surface area contributed by atoms with E-state index in [9.17, 15) is 19.1 Å². The number of carbonyl (C=O) groups is 2. The number of aliphatic hydroxyl groups is 1. The number of aliphatic hydroxyl groups excluding tert-OH is 1. The molecule has 9 heteroatoms. The largest absolute Gasteiger partial charge is 0.507 e. The van der Waals surface area contributed by atoms with Gasteiger partial charge in [-0.05, 0) is 36.8 Å². The number of furan rings is 1. The van der Waals surface area contributed by atoms with Crippen LogP contribution in [0, 0.1) is 5.82 Å². The van der Waals surface area contributed by atoms with Crippen molar-refractivity contribution >= 4 is 17.4 Å². The molecule has 3 aromatic rings. The summed E-state index contributed by atoms with van der Waals surface area (Å²) >= 11 is 0. The lowest BCUT2D eigenvalue weighted by Crippen LogP contribution is -2.31. The number of Topliss-reactive ketones (excluding diaryl/α,β-unsaturated/α-hetero) is 1. The second-order valence-corrected chi connectivity index (χ2v) is 7.01. The Morgan fingerprint density at radius 3 is 2.77 bits per heavy atom. The van der Waals surface area contributed by atoms with Crippen LogP contribution in [0.4, 0.5) is 4.39 Å². The summed E-state index contributed by atoms with van der Waals surface area (Å²) in [6.07, 6.45) is 7.10. The van der Waals surface area contributed by atoms with Crippen molar-refractivity contribution in [3.05, 3.63) is 78.0 Å². The van der Waals surface area contributed by atoms with Gasteiger partial charge in [0.05, 0.1) is 25.3 Å². The maximum absolute atomic E-state index is 14.2. The van der Waals surface area contributed by atoms with Crippen molar-refractivity contribution in [1.82, 2.24) is 14.5 Å². The number of hydrogen-bond donors (Lipinski definition) is 1. The number of amides is 1. The van der Waals surface area contributed by atoms with Gasteiger partial charge in [-0.3, -0.25) is 9.59 Å². The zero-order chi connectivity index (χ0) is 22.0. The first-order chi connectivity index (χ1) is 15.0. The van der Waals surface area contributed by atoms with Crippen LogP contribution in [-0.2, 0) is 16.1 Å². The van der Waals surface area contributed by atoms with Crippen LogP contribution in [0.5, 0.6) is 5.75 Å². The Hall–Kier alpha value is -3.88. The summed E-state index contributed by atoms with van der Waals surface area (Å²) in [5, 5.41) is 10.9. The van der Waals surface area contributed by atoms with Crippen molar-refractivity contribution in [3.63, 3.8) is 0 Å². The molecular weight excluding hydrogens is 405 g/mol. The Labute approximate surface area is 177 Å². The molecule has 1 atom stereocenters. The number of halogens is 1. The summed E-state index contributed by atoms with van der Waals surface area (Å²) in [4.78, 5) is 31.0. The second-order valence-electron chi connectivity index (χ2n) is 7.01. The molecule has 4 rings (SSSR count). The van der Waals surface area contributed by atoms with Gasteiger partial charge < -0.3 is 23.7 Å². The van der Waals surface area contributed by atoms with Gasteiger partial charge in [0.15, 0.2) is 11.6 Å². The van der Waals surface area contributed by atoms with Gasteiger partial charge in [0.25, 0.3) is 11.7 Å². The van der Waals surface area contributed by atoms with E-state index in [4.69, 9.17) is 9.15 Å². The first-order valence-electron chi connectivity index (χ1n) is 9.62. The average molecular weight is 425 g/mol. The van der Waals surface area contributed by atoms with E-state index in [2.05, 4.69) is 4.98 Å². The molecule has 160 valence electrons. The lowest BCUT2D eigenvalue weighted by atomic mass is 9.99. The number of ether oxygens (including phenoxy) is 1. The van der Waals surface area contributed by atoms with E-state index in [-0.39, 0.29) is 23.4 Å². The molecule has 0 bridgehead atoms. The predicted octanol–water partition coefficient (Wildman–Crippen LogP) is 3.14. The van der Waals surface area contributed by atoms with Gasteiger partial charge in [-0.1, -0.05) is 0 Å². The third-order valence-corrected chi connectivity index (χ3v) is 5.15. The molecule has 2 aromatic heterocycles. The Kier molecular flexibility index (Phi) is 5.57. The smallest absolute Gasteiger partial charge is 0.295 e. The number of methoxy groups -OCH3 is 1. The molecule has 1 N–H and O–H groups in total. The fourth-order valence-electron chi connectivity index (χ4n) is 3.67. The highest BCUT2D eigenvalue weighted by atomic mass is 19.1. The van der Waals surface area contributed by atoms with Gasteiger partial charge in [-0.2, -0.15) is 0 Å². The molecule has 31 heavy (non-hydrogen) atoms. The number of aryl methyl sites for hydroxylation is 1. The number of rotatable bonds is 7. The van der Waals surface area contributed by atoms with Gasteiger partial charge in [-0.15, -0.1) is 0 Å². The first kappa shape index (κ1) is 20.4. The van der Waals surface area contributed by atoms with Crippen LogP contribution in [0.3, 0.4) is 0 Å². The van der Waals surface area contributed by atoms with Crippen LogP contribution >= 0.6 is 0 Å². The van der Waals surface area contributed by atoms with E-state index in [1.54, 1.807) is 30.9 Å². The molecule has 1 fully saturated rings. The zero-order valence-corrected chi connectivity index (χ0v) is 16.7. The van der Waals surface area contributed by atoms with E-state index in [1.807, 2.05) is 4.57 Å². The average Bonchev–Trinajstić information content (AvgIpc) is 3.52. The summed E-state index contributed by atoms with van der Waals surface area (Å²) in [5.41, 5.74) is -0.0848. The van der Waals surface area contributed by atoms with E-state index < -0.39 is 29.3 Å². The van der Waals surface area contributed by atoms with Crippen molar-refractivity contribution in [1.29, 1.82) is 0 Å².